The van der Waals surface area contributed by atoms with Crippen molar-refractivity contribution in [1.29, 1.82) is 0 Å². The molecular formula is C16H22O5S2. The van der Waals surface area contributed by atoms with Gasteiger partial charge in [0, 0.05) is 17.5 Å². The first-order valence-electron chi connectivity index (χ1n) is 7.55. The van der Waals surface area contributed by atoms with Crippen LogP contribution in [0.15, 0.2) is 9.79 Å². The second kappa shape index (κ2) is 5.74. The maximum Gasteiger partial charge on any atom is 0.153 e. The second-order valence-corrected chi connectivity index (χ2v) is 9.87. The Hall–Kier alpha value is -0.600. The third-order valence-corrected chi connectivity index (χ3v) is 6.13. The molecule has 3 N–H and O–H groups in total. The fourth-order valence-corrected chi connectivity index (χ4v) is 5.23. The minimum atomic E-state index is -0.877. The van der Waals surface area contributed by atoms with Gasteiger partial charge in [-0.15, -0.1) is 0 Å². The summed E-state index contributed by atoms with van der Waals surface area (Å²) in [7, 11) is 0. The van der Waals surface area contributed by atoms with E-state index in [1.165, 1.54) is 0 Å². The highest BCUT2D eigenvalue weighted by Crippen LogP contribution is 2.60. The molecule has 0 aliphatic carbocycles. The van der Waals surface area contributed by atoms with Crippen molar-refractivity contribution >= 4 is 23.5 Å². The van der Waals surface area contributed by atoms with Crippen molar-refractivity contribution in [3.8, 4) is 11.5 Å². The molecule has 0 spiro atoms. The maximum atomic E-state index is 9.94. The summed E-state index contributed by atoms with van der Waals surface area (Å²) in [5.74, 6) is 1.32. The number of aliphatic hydroxyl groups excluding tert-OH is 3. The first-order valence-corrected chi connectivity index (χ1v) is 9.18. The Balaban J connectivity index is 2.20. The number of hydrogen-bond donors (Lipinski definition) is 3. The standard InChI is InChI=1S/C16H22O5S2/c1-15(2)20-11-9(5-8(19)6-17)12-14(23-16(3,4)21-12)10(7-18)13(11)22-15/h8,17-19H,5-7H2,1-4H3. The molecule has 0 aromatic heterocycles. The van der Waals surface area contributed by atoms with Crippen molar-refractivity contribution in [2.45, 2.75) is 66.5 Å². The zero-order valence-electron chi connectivity index (χ0n) is 13.7. The van der Waals surface area contributed by atoms with E-state index in [0.29, 0.717) is 11.5 Å². The average Bonchev–Trinajstić information content (AvgIpc) is 2.93. The van der Waals surface area contributed by atoms with E-state index in [-0.39, 0.29) is 19.6 Å². The molecule has 7 heteroatoms. The first kappa shape index (κ1) is 17.2. The van der Waals surface area contributed by atoms with Gasteiger partial charge in [-0.2, -0.15) is 0 Å². The van der Waals surface area contributed by atoms with Gasteiger partial charge in [-0.1, -0.05) is 23.5 Å². The Kier molecular flexibility index (Phi) is 4.30. The van der Waals surface area contributed by atoms with Gasteiger partial charge in [0.15, 0.2) is 9.87 Å². The van der Waals surface area contributed by atoms with E-state index in [4.69, 9.17) is 9.47 Å². The Morgan fingerprint density at radius 2 is 1.39 bits per heavy atom. The number of benzene rings is 1. The smallest absolute Gasteiger partial charge is 0.153 e. The van der Waals surface area contributed by atoms with Gasteiger partial charge in [-0.25, -0.2) is 0 Å². The highest BCUT2D eigenvalue weighted by atomic mass is 32.2. The summed E-state index contributed by atoms with van der Waals surface area (Å²) in [5, 5.41) is 29.1. The summed E-state index contributed by atoms with van der Waals surface area (Å²) in [6, 6.07) is 0. The summed E-state index contributed by atoms with van der Waals surface area (Å²) in [6.45, 7) is 7.45. The van der Waals surface area contributed by atoms with E-state index in [2.05, 4.69) is 0 Å². The molecule has 23 heavy (non-hydrogen) atoms. The molecule has 0 saturated heterocycles. The highest BCUT2D eigenvalue weighted by molar-refractivity contribution is 8.01. The van der Waals surface area contributed by atoms with Crippen LogP contribution >= 0.6 is 23.5 Å². The molecule has 1 unspecified atom stereocenters. The van der Waals surface area contributed by atoms with Gasteiger partial charge in [0.05, 0.1) is 29.1 Å². The van der Waals surface area contributed by atoms with E-state index in [1.54, 1.807) is 23.5 Å². The van der Waals surface area contributed by atoms with Crippen LogP contribution in [0.5, 0.6) is 11.5 Å². The lowest BCUT2D eigenvalue weighted by molar-refractivity contribution is 0.0925. The van der Waals surface area contributed by atoms with E-state index < -0.39 is 16.0 Å². The molecule has 5 nitrogen and oxygen atoms in total. The summed E-state index contributed by atoms with van der Waals surface area (Å²) in [6.07, 6.45) is -0.627. The summed E-state index contributed by atoms with van der Waals surface area (Å²) < 4.78 is 12.2. The van der Waals surface area contributed by atoms with Gasteiger partial charge in [-0.3, -0.25) is 0 Å². The van der Waals surface area contributed by atoms with Crippen LogP contribution in [0.4, 0.5) is 0 Å². The Labute approximate surface area is 144 Å². The Morgan fingerprint density at radius 3 is 1.78 bits per heavy atom. The Morgan fingerprint density at radius 1 is 0.913 bits per heavy atom. The van der Waals surface area contributed by atoms with E-state index in [9.17, 15) is 15.3 Å². The van der Waals surface area contributed by atoms with Gasteiger partial charge in [0.25, 0.3) is 0 Å². The predicted octanol–water partition coefficient (Wildman–Crippen LogP) is 2.52. The summed E-state index contributed by atoms with van der Waals surface area (Å²) in [4.78, 5) is 0.927. The lowest BCUT2D eigenvalue weighted by Crippen LogP contribution is -2.22. The molecule has 2 aliphatic heterocycles. The van der Waals surface area contributed by atoms with Gasteiger partial charge >= 0.3 is 0 Å². The minimum Gasteiger partial charge on any atom is -0.475 e. The van der Waals surface area contributed by atoms with Crippen LogP contribution in [0.1, 0.15) is 38.8 Å². The maximum absolute atomic E-state index is 9.94. The number of hydrogen-bond acceptors (Lipinski definition) is 7. The third kappa shape index (κ3) is 3.05. The zero-order valence-corrected chi connectivity index (χ0v) is 15.3. The molecule has 0 saturated carbocycles. The monoisotopic (exact) mass is 358 g/mol. The quantitative estimate of drug-likeness (QED) is 0.763. The average molecular weight is 358 g/mol. The normalized spacial score (nSPS) is 21.3. The van der Waals surface area contributed by atoms with Gasteiger partial charge in [0.2, 0.25) is 0 Å². The lowest BCUT2D eigenvalue weighted by atomic mass is 10.0. The van der Waals surface area contributed by atoms with Crippen LogP contribution in [-0.2, 0) is 13.0 Å². The molecule has 2 heterocycles. The number of aliphatic hydroxyl groups is 3. The van der Waals surface area contributed by atoms with Crippen LogP contribution < -0.4 is 9.47 Å². The summed E-state index contributed by atoms with van der Waals surface area (Å²) in [5.41, 5.74) is 1.59. The predicted molar refractivity (Wildman–Crippen MR) is 90.3 cm³/mol. The Bertz CT molecular complexity index is 597. The van der Waals surface area contributed by atoms with E-state index in [1.807, 2.05) is 27.7 Å². The van der Waals surface area contributed by atoms with Crippen molar-refractivity contribution in [2.24, 2.45) is 0 Å². The van der Waals surface area contributed by atoms with Gasteiger partial charge in [-0.05, 0) is 27.7 Å². The van der Waals surface area contributed by atoms with Gasteiger partial charge < -0.3 is 24.8 Å². The molecule has 0 radical (unpaired) electrons. The van der Waals surface area contributed by atoms with E-state index >= 15 is 0 Å². The van der Waals surface area contributed by atoms with Crippen molar-refractivity contribution in [2.75, 3.05) is 6.61 Å². The topological polar surface area (TPSA) is 79.2 Å². The molecule has 0 bridgehead atoms. The zero-order chi connectivity index (χ0) is 17.0. The van der Waals surface area contributed by atoms with Crippen LogP contribution in [0.2, 0.25) is 0 Å². The number of ether oxygens (including phenoxy) is 2. The molecule has 1 aromatic carbocycles. The minimum absolute atomic E-state index is 0.0909. The number of thioether (sulfide) groups is 2. The molecule has 128 valence electrons. The van der Waals surface area contributed by atoms with Crippen molar-refractivity contribution in [1.82, 2.24) is 0 Å². The number of fused-ring (bicyclic) bond motifs is 2. The highest BCUT2D eigenvalue weighted by Gasteiger charge is 2.43. The molecule has 1 atom stereocenters. The van der Waals surface area contributed by atoms with Crippen molar-refractivity contribution < 1.29 is 24.8 Å². The fourth-order valence-electron chi connectivity index (χ4n) is 2.84. The van der Waals surface area contributed by atoms with Crippen LogP contribution in [0.25, 0.3) is 0 Å². The second-order valence-electron chi connectivity index (χ2n) is 6.68. The first-order chi connectivity index (χ1) is 10.7. The summed E-state index contributed by atoms with van der Waals surface area (Å²) >= 11 is 3.13. The lowest BCUT2D eigenvalue weighted by Gasteiger charge is -2.20. The van der Waals surface area contributed by atoms with Crippen LogP contribution in [0, 0.1) is 0 Å². The van der Waals surface area contributed by atoms with Crippen LogP contribution in [0.3, 0.4) is 0 Å². The number of rotatable bonds is 4. The van der Waals surface area contributed by atoms with E-state index in [0.717, 1.165) is 20.9 Å². The molecular weight excluding hydrogens is 336 g/mol. The molecule has 0 fully saturated rings. The molecule has 1 aromatic rings. The molecule has 0 amide bonds. The largest absolute Gasteiger partial charge is 0.475 e. The fraction of sp³-hybridized carbons (Fsp3) is 0.625. The van der Waals surface area contributed by atoms with Crippen molar-refractivity contribution in [3.63, 3.8) is 0 Å². The SMILES string of the molecule is CC1(C)Oc2c(CC(O)CO)c3c(c(CO)c2S1)SC(C)(C)O3. The van der Waals surface area contributed by atoms with Crippen LogP contribution in [-0.4, -0.2) is 37.9 Å². The third-order valence-electron chi connectivity index (χ3n) is 3.71. The molecule has 2 aliphatic rings. The van der Waals surface area contributed by atoms with Gasteiger partial charge in [0.1, 0.15) is 11.5 Å². The van der Waals surface area contributed by atoms with Crippen molar-refractivity contribution in [3.05, 3.63) is 11.1 Å². The molecule has 3 rings (SSSR count).